The van der Waals surface area contributed by atoms with Crippen LogP contribution in [-0.4, -0.2) is 23.3 Å². The molecule has 26 heavy (non-hydrogen) atoms. The zero-order chi connectivity index (χ0) is 18.2. The van der Waals surface area contributed by atoms with Crippen molar-refractivity contribution < 1.29 is 9.59 Å². The Labute approximate surface area is 160 Å². The predicted octanol–water partition coefficient (Wildman–Crippen LogP) is 3.29. The van der Waals surface area contributed by atoms with Crippen LogP contribution in [0, 0.1) is 0 Å². The first-order valence-corrected chi connectivity index (χ1v) is 10.0. The molecule has 3 aromatic rings. The molecule has 2 aromatic heterocycles. The Morgan fingerprint density at radius 2 is 1.81 bits per heavy atom. The van der Waals surface area contributed by atoms with Crippen molar-refractivity contribution in [1.82, 2.24) is 10.3 Å². The lowest BCUT2D eigenvalue weighted by Crippen LogP contribution is -2.27. The second-order valence-electron chi connectivity index (χ2n) is 5.71. The number of thiazole rings is 1. The number of aromatic nitrogens is 1. The Morgan fingerprint density at radius 3 is 2.58 bits per heavy atom. The number of carbonyl (C=O) groups is 2. The van der Waals surface area contributed by atoms with Gasteiger partial charge in [0, 0.05) is 16.8 Å². The molecule has 134 valence electrons. The summed E-state index contributed by atoms with van der Waals surface area (Å²) >= 11 is 3.02. The quantitative estimate of drug-likeness (QED) is 0.625. The minimum atomic E-state index is -0.113. The van der Waals surface area contributed by atoms with Crippen LogP contribution in [0.25, 0.3) is 0 Å². The molecule has 2 amide bonds. The van der Waals surface area contributed by atoms with E-state index in [1.807, 2.05) is 41.8 Å². The first-order valence-electron chi connectivity index (χ1n) is 8.26. The molecule has 3 rings (SSSR count). The Balaban J connectivity index is 1.42. The Kier molecular flexibility index (Phi) is 6.51. The van der Waals surface area contributed by atoms with E-state index in [-0.39, 0.29) is 18.2 Å². The molecular weight excluding hydrogens is 366 g/mol. The van der Waals surface area contributed by atoms with Crippen LogP contribution in [0.1, 0.15) is 16.1 Å². The molecular formula is C19H19N3O2S2. The third-order valence-corrected chi connectivity index (χ3v) is 5.36. The van der Waals surface area contributed by atoms with Crippen molar-refractivity contribution in [3.05, 3.63) is 69.4 Å². The molecule has 0 aliphatic rings. The average molecular weight is 386 g/mol. The van der Waals surface area contributed by atoms with Crippen molar-refractivity contribution in [2.45, 2.75) is 19.3 Å². The Bertz CT molecular complexity index is 845. The zero-order valence-corrected chi connectivity index (χ0v) is 15.7. The third kappa shape index (κ3) is 5.79. The molecule has 7 heteroatoms. The first kappa shape index (κ1) is 18.3. The van der Waals surface area contributed by atoms with Gasteiger partial charge in [-0.25, -0.2) is 4.98 Å². The number of anilines is 1. The van der Waals surface area contributed by atoms with Gasteiger partial charge in [-0.15, -0.1) is 22.7 Å². The normalized spacial score (nSPS) is 10.5. The van der Waals surface area contributed by atoms with Crippen molar-refractivity contribution in [2.75, 3.05) is 11.9 Å². The molecule has 0 spiro atoms. The highest BCUT2D eigenvalue weighted by molar-refractivity contribution is 7.14. The molecule has 0 saturated heterocycles. The fourth-order valence-corrected chi connectivity index (χ4v) is 3.83. The summed E-state index contributed by atoms with van der Waals surface area (Å²) in [5.74, 6) is -0.175. The molecule has 0 fully saturated rings. The van der Waals surface area contributed by atoms with Crippen LogP contribution in [0.15, 0.2) is 53.2 Å². The summed E-state index contributed by atoms with van der Waals surface area (Å²) in [6.45, 7) is 0.615. The van der Waals surface area contributed by atoms with Gasteiger partial charge in [0.15, 0.2) is 5.13 Å². The van der Waals surface area contributed by atoms with Crippen LogP contribution in [0.2, 0.25) is 0 Å². The molecule has 0 unspecified atom stereocenters. The van der Waals surface area contributed by atoms with Crippen LogP contribution in [-0.2, 0) is 28.9 Å². The second kappa shape index (κ2) is 9.26. The van der Waals surface area contributed by atoms with Crippen LogP contribution >= 0.6 is 22.7 Å². The van der Waals surface area contributed by atoms with Gasteiger partial charge in [-0.2, -0.15) is 0 Å². The van der Waals surface area contributed by atoms with Gasteiger partial charge in [0.25, 0.3) is 0 Å². The molecule has 0 radical (unpaired) electrons. The summed E-state index contributed by atoms with van der Waals surface area (Å²) in [5.41, 5.74) is 1.62. The summed E-state index contributed by atoms with van der Waals surface area (Å²) in [7, 11) is 0. The van der Waals surface area contributed by atoms with Crippen LogP contribution < -0.4 is 10.6 Å². The standard InChI is InChI=1S/C19H19N3O2S2/c23-17(20-9-8-16-7-4-10-25-16)12-15-13-26-19(21-15)22-18(24)11-14-5-2-1-3-6-14/h1-7,10,13H,8-9,11-12H2,(H,20,23)(H,21,22,24). The van der Waals surface area contributed by atoms with Crippen molar-refractivity contribution in [2.24, 2.45) is 0 Å². The molecule has 0 saturated carbocycles. The van der Waals surface area contributed by atoms with E-state index in [2.05, 4.69) is 21.7 Å². The van der Waals surface area contributed by atoms with E-state index in [0.717, 1.165) is 12.0 Å². The lowest BCUT2D eigenvalue weighted by molar-refractivity contribution is -0.120. The van der Waals surface area contributed by atoms with E-state index in [0.29, 0.717) is 23.8 Å². The van der Waals surface area contributed by atoms with Crippen LogP contribution in [0.3, 0.4) is 0 Å². The van der Waals surface area contributed by atoms with E-state index in [9.17, 15) is 9.59 Å². The smallest absolute Gasteiger partial charge is 0.230 e. The number of hydrogen-bond acceptors (Lipinski definition) is 5. The summed E-state index contributed by atoms with van der Waals surface area (Å²) in [6.07, 6.45) is 1.36. The van der Waals surface area contributed by atoms with Gasteiger partial charge in [0.05, 0.1) is 18.5 Å². The van der Waals surface area contributed by atoms with Gasteiger partial charge in [-0.1, -0.05) is 36.4 Å². The number of nitrogens with one attached hydrogen (secondary N) is 2. The van der Waals surface area contributed by atoms with Crippen LogP contribution in [0.4, 0.5) is 5.13 Å². The Morgan fingerprint density at radius 1 is 0.962 bits per heavy atom. The van der Waals surface area contributed by atoms with E-state index in [1.165, 1.54) is 16.2 Å². The topological polar surface area (TPSA) is 71.1 Å². The third-order valence-electron chi connectivity index (χ3n) is 3.62. The number of nitrogens with zero attached hydrogens (tertiary/aromatic N) is 1. The number of benzene rings is 1. The zero-order valence-electron chi connectivity index (χ0n) is 14.1. The maximum atomic E-state index is 12.0. The number of rotatable bonds is 8. The number of amides is 2. The molecule has 0 atom stereocenters. The maximum Gasteiger partial charge on any atom is 0.230 e. The van der Waals surface area contributed by atoms with E-state index < -0.39 is 0 Å². The van der Waals surface area contributed by atoms with Gasteiger partial charge < -0.3 is 10.6 Å². The summed E-state index contributed by atoms with van der Waals surface area (Å²) in [5, 5.41) is 10.0. The molecule has 0 bridgehead atoms. The van der Waals surface area contributed by atoms with Gasteiger partial charge in [0.2, 0.25) is 11.8 Å². The summed E-state index contributed by atoms with van der Waals surface area (Å²) < 4.78 is 0. The maximum absolute atomic E-state index is 12.0. The van der Waals surface area contributed by atoms with Crippen molar-refractivity contribution >= 4 is 39.6 Å². The second-order valence-corrected chi connectivity index (χ2v) is 7.60. The molecule has 1 aromatic carbocycles. The van der Waals surface area contributed by atoms with Gasteiger partial charge >= 0.3 is 0 Å². The van der Waals surface area contributed by atoms with Crippen molar-refractivity contribution in [1.29, 1.82) is 0 Å². The first-order chi connectivity index (χ1) is 12.7. The van der Waals surface area contributed by atoms with Crippen molar-refractivity contribution in [3.63, 3.8) is 0 Å². The minimum Gasteiger partial charge on any atom is -0.355 e. The summed E-state index contributed by atoms with van der Waals surface area (Å²) in [6, 6.07) is 13.6. The predicted molar refractivity (Wildman–Crippen MR) is 106 cm³/mol. The largest absolute Gasteiger partial charge is 0.355 e. The van der Waals surface area contributed by atoms with Crippen LogP contribution in [0.5, 0.6) is 0 Å². The van der Waals surface area contributed by atoms with Gasteiger partial charge in [0.1, 0.15) is 0 Å². The lowest BCUT2D eigenvalue weighted by atomic mass is 10.1. The SMILES string of the molecule is O=C(Cc1csc(NC(=O)Cc2ccccc2)n1)NCCc1cccs1. The van der Waals surface area contributed by atoms with E-state index in [4.69, 9.17) is 0 Å². The highest BCUT2D eigenvalue weighted by Gasteiger charge is 2.10. The van der Waals surface area contributed by atoms with Crippen molar-refractivity contribution in [3.8, 4) is 0 Å². The number of carbonyl (C=O) groups excluding carboxylic acids is 2. The fourth-order valence-electron chi connectivity index (χ4n) is 2.40. The molecule has 0 aliphatic heterocycles. The van der Waals surface area contributed by atoms with Gasteiger partial charge in [-0.05, 0) is 23.4 Å². The molecule has 2 N–H and O–H groups in total. The van der Waals surface area contributed by atoms with E-state index in [1.54, 1.807) is 16.7 Å². The number of hydrogen-bond donors (Lipinski definition) is 2. The average Bonchev–Trinajstić information content (AvgIpc) is 3.28. The minimum absolute atomic E-state index is 0.0611. The highest BCUT2D eigenvalue weighted by Crippen LogP contribution is 2.16. The highest BCUT2D eigenvalue weighted by atomic mass is 32.1. The summed E-state index contributed by atoms with van der Waals surface area (Å²) in [4.78, 5) is 29.6. The fraction of sp³-hybridized carbons (Fsp3) is 0.211. The van der Waals surface area contributed by atoms with E-state index >= 15 is 0 Å². The number of thiophene rings is 1. The molecule has 2 heterocycles. The molecule has 0 aliphatic carbocycles. The monoisotopic (exact) mass is 385 g/mol. The van der Waals surface area contributed by atoms with Gasteiger partial charge in [-0.3, -0.25) is 9.59 Å². The lowest BCUT2D eigenvalue weighted by Gasteiger charge is -2.03. The Hall–Kier alpha value is -2.51. The molecule has 5 nitrogen and oxygen atoms in total.